The quantitative estimate of drug-likeness (QED) is 0.0102. The summed E-state index contributed by atoms with van der Waals surface area (Å²) in [5.74, 6) is 0.160. The Morgan fingerprint density at radius 1 is 0.644 bits per heavy atom. The van der Waals surface area contributed by atoms with E-state index in [4.69, 9.17) is 47.3 Å². The first-order valence-electron chi connectivity index (χ1n) is 48.6. The molecule has 0 spiro atoms. The van der Waals surface area contributed by atoms with Gasteiger partial charge >= 0.3 is 5.97 Å². The van der Waals surface area contributed by atoms with Crippen molar-refractivity contribution in [1.29, 1.82) is 0 Å². The number of anilines is 3. The number of carboxylic acid groups (broad SMARTS) is 1. The predicted octanol–water partition coefficient (Wildman–Crippen LogP) is 20.4. The van der Waals surface area contributed by atoms with Crippen LogP contribution < -0.4 is 39.2 Å². The molecular weight excluding hydrogens is 1960 g/mol. The molecule has 2 aliphatic carbocycles. The number of aromatic nitrogens is 5. The lowest BCUT2D eigenvalue weighted by Gasteiger charge is -2.39. The smallest absolute Gasteiger partial charge is 0.339 e. The fourth-order valence-electron chi connectivity index (χ4n) is 18.4. The van der Waals surface area contributed by atoms with Crippen LogP contribution in [0.3, 0.4) is 0 Å². The Balaban J connectivity index is 0.000000260. The second kappa shape index (κ2) is 55.7. The van der Waals surface area contributed by atoms with Gasteiger partial charge in [-0.1, -0.05) is 106 Å². The first kappa shape index (κ1) is 118. The van der Waals surface area contributed by atoms with E-state index >= 15 is 0 Å². The van der Waals surface area contributed by atoms with Gasteiger partial charge in [0.1, 0.15) is 17.1 Å². The Morgan fingerprint density at radius 3 is 1.55 bits per heavy atom. The third-order valence-corrected chi connectivity index (χ3v) is 29.5. The van der Waals surface area contributed by atoms with Gasteiger partial charge in [-0.15, -0.1) is 12.4 Å². The molecule has 6 aliphatic rings. The summed E-state index contributed by atoms with van der Waals surface area (Å²) in [6.07, 6.45) is 25.0. The summed E-state index contributed by atoms with van der Waals surface area (Å²) in [5, 5.41) is 31.1. The van der Waals surface area contributed by atoms with Crippen LogP contribution in [0.2, 0.25) is 10.0 Å². The number of piperazine rings is 2. The minimum Gasteiger partial charge on any atom is -0.870 e. The summed E-state index contributed by atoms with van der Waals surface area (Å²) in [7, 11) is -0.173. The van der Waals surface area contributed by atoms with E-state index in [1.54, 1.807) is 61.3 Å². The molecule has 6 aromatic carbocycles. The van der Waals surface area contributed by atoms with Gasteiger partial charge in [-0.3, -0.25) is 34.4 Å². The average Bonchev–Trinajstić information content (AvgIpc) is 1.73. The standard InChI is InChI=1S/C46H51ClN6O6S.C33H35ClN4O3.C13H18N2O5S.C8H17N3.C7H10N2.CH4.ClH.FH.H2O.H2/c1-46(2)17-13-35(40(28-46)32-5-8-36(47)9-6-32)30-52-19-21-53(22-20-52)37-10-12-39(43(26-37)59-44-25-34-14-18-48-42(34)29-49-44)45(54)51-60(56,57)38-11-7-33(41(27-38)50-55)4-3-31-15-23-58-24-16-31;1-33(2)11-9-24(28(19-33)22-3-5-25(34)6-4-22)21-37-13-15-38(16-14-37)26-7-8-27(32(39)40)30(18-26)41-31-17-23-10-12-35-29(23)20-36-31;14-21(18,19)12-4-3-11(13(9-12)15(16)17)2-1-10-5-7-20-8-6-10;1-4-9-8-10-6-5-7-11(2)3;1-9(2)7-3-5-8-6-4-7;;;;;/h5-12,14,18,25-27,29,31,48H,3-4,13,15-17,19-24,28,30H2,1-2H3,(H,51,54);3-8,10,12,17-18,20,35H,9,11,13-16,19,21H2,1-2H3,(H,39,40);3-4,9-10H,1-2,5-8H2,(H2,14,18,19);4-7H2,1-3H3;3-6H,1-2H3;1H4;2*1H;1H2;1H. The Kier molecular flexibility index (Phi) is 44.9. The average molecular weight is 2110 g/mol. The number of nitroso groups, excluding NO2 is 1. The Labute approximate surface area is 873 Å². The van der Waals surface area contributed by atoms with Gasteiger partial charge < -0.3 is 59.1 Å². The van der Waals surface area contributed by atoms with Crippen LogP contribution in [0.5, 0.6) is 23.3 Å². The van der Waals surface area contributed by atoms with E-state index in [1.165, 1.54) is 69.8 Å². The van der Waals surface area contributed by atoms with Crippen molar-refractivity contribution in [2.75, 3.05) is 154 Å². The van der Waals surface area contributed by atoms with E-state index < -0.39 is 36.8 Å². The fraction of sp³-hybridized carbons (Fsp3) is 0.426. The molecule has 0 saturated carbocycles. The number of nitrogens with one attached hydrogen (secondary N) is 4. The van der Waals surface area contributed by atoms with Crippen molar-refractivity contribution < 1.29 is 72.2 Å². The van der Waals surface area contributed by atoms with Crippen molar-refractivity contribution in [3.8, 4) is 23.3 Å². The van der Waals surface area contributed by atoms with E-state index in [9.17, 15) is 46.6 Å². The lowest BCUT2D eigenvalue weighted by molar-refractivity contribution is -0.385. The number of hydrogen-bond acceptors (Lipinski definition) is 25. The highest BCUT2D eigenvalue weighted by Crippen LogP contribution is 2.46. The number of benzene rings is 6. The van der Waals surface area contributed by atoms with Crippen LogP contribution in [0.1, 0.15) is 170 Å². The van der Waals surface area contributed by atoms with Crippen LogP contribution in [0.4, 0.5) is 33.1 Å². The minimum atomic E-state index is -4.38. The number of H-pyrrole nitrogens is 2. The van der Waals surface area contributed by atoms with Crippen molar-refractivity contribution in [3.63, 3.8) is 0 Å². The Hall–Kier alpha value is -11.9. The number of aromatic carboxylic acids is 1. The molecule has 4 aliphatic heterocycles. The number of nitrogens with two attached hydrogens (primary N) is 1. The zero-order valence-electron chi connectivity index (χ0n) is 83.8. The van der Waals surface area contributed by atoms with Crippen molar-refractivity contribution in [2.45, 2.75) is 148 Å². The summed E-state index contributed by atoms with van der Waals surface area (Å²) >= 11 is 12.4. The van der Waals surface area contributed by atoms with Crippen LogP contribution in [0.25, 0.3) is 33.0 Å². The summed E-state index contributed by atoms with van der Waals surface area (Å²) in [6.45, 7) is 25.7. The zero-order chi connectivity index (χ0) is 101. The molecule has 788 valence electrons. The predicted molar refractivity (Wildman–Crippen MR) is 582 cm³/mol. The number of allylic oxidation sites excluding steroid dienone is 2. The van der Waals surface area contributed by atoms with Gasteiger partial charge in [-0.2, -0.15) is 0 Å². The lowest BCUT2D eigenvalue weighted by Crippen LogP contribution is -2.56. The first-order valence-corrected chi connectivity index (χ1v) is 52.4. The number of nitrogens with zero attached hydrogens (tertiary/aromatic N) is 12. The van der Waals surface area contributed by atoms with E-state index in [-0.39, 0.29) is 80.8 Å². The molecule has 17 rings (SSSR count). The molecule has 9 heterocycles. The molecule has 146 heavy (non-hydrogen) atoms. The van der Waals surface area contributed by atoms with Gasteiger partial charge in [0.25, 0.3) is 27.3 Å². The second-order valence-corrected chi connectivity index (χ2v) is 42.9. The van der Waals surface area contributed by atoms with E-state index in [1.807, 2.05) is 110 Å². The highest BCUT2D eigenvalue weighted by molar-refractivity contribution is 7.90. The van der Waals surface area contributed by atoms with Gasteiger partial charge in [-0.25, -0.2) is 51.4 Å². The summed E-state index contributed by atoms with van der Waals surface area (Å²) in [4.78, 5) is 88.5. The number of halogens is 4. The number of sulfonamides is 2. The largest absolute Gasteiger partial charge is 0.870 e. The van der Waals surface area contributed by atoms with E-state index in [0.717, 1.165) is 243 Å². The number of aliphatic imine (C=N–C) groups is 2. The number of ether oxygens (including phenoxy) is 4. The fourth-order valence-corrected chi connectivity index (χ4v) is 20.2. The molecule has 11 aromatic rings. The normalized spacial score (nSPS) is 16.0. The molecule has 1 amide bonds. The highest BCUT2D eigenvalue weighted by Gasteiger charge is 2.34. The topological polar surface area (TPSA) is 416 Å². The number of hydrogen-bond donors (Lipinski definition) is 6. The number of carbonyl (C=O) groups excluding carboxylic acids is 1. The number of amides is 1. The first-order chi connectivity index (χ1) is 68.1. The van der Waals surface area contributed by atoms with Crippen LogP contribution in [-0.4, -0.2) is 230 Å². The number of carbonyl (C=O) groups is 2. The molecule has 0 radical (unpaired) electrons. The lowest BCUT2D eigenvalue weighted by atomic mass is 9.72. The number of aromatic amines is 2. The maximum Gasteiger partial charge on any atom is 0.339 e. The molecule has 38 heteroatoms. The molecule has 4 saturated heterocycles. The van der Waals surface area contributed by atoms with Crippen molar-refractivity contribution >= 4 is 135 Å². The van der Waals surface area contributed by atoms with Gasteiger partial charge in [-0.05, 0) is 254 Å². The van der Waals surface area contributed by atoms with Gasteiger partial charge in [0.05, 0.1) is 56.3 Å². The molecule has 8 N–H and O–H groups in total. The highest BCUT2D eigenvalue weighted by atomic mass is 35.5. The number of pyridine rings is 3. The summed E-state index contributed by atoms with van der Waals surface area (Å²) in [6, 6.07) is 49.2. The molecule has 0 unspecified atom stereocenters. The third kappa shape index (κ3) is 34.3. The number of primary sulfonamides is 1. The van der Waals surface area contributed by atoms with Gasteiger partial charge in [0.15, 0.2) is 0 Å². The number of carboxylic acids is 1. The minimum absolute atomic E-state index is 0. The molecule has 5 aromatic heterocycles. The summed E-state index contributed by atoms with van der Waals surface area (Å²) < 4.78 is 75.1. The number of rotatable bonds is 31. The monoisotopic (exact) mass is 2100 g/mol. The van der Waals surface area contributed by atoms with E-state index in [2.05, 4.69) is 136 Å². The summed E-state index contributed by atoms with van der Waals surface area (Å²) in [5.41, 5.74) is 15.1. The van der Waals surface area contributed by atoms with Crippen molar-refractivity contribution in [1.82, 2.24) is 44.3 Å². The van der Waals surface area contributed by atoms with Crippen molar-refractivity contribution in [3.05, 3.63) is 265 Å². The maximum absolute atomic E-state index is 13.9. The van der Waals surface area contributed by atoms with Crippen molar-refractivity contribution in [2.24, 2.45) is 37.8 Å². The number of nitro groups is 1. The van der Waals surface area contributed by atoms with Gasteiger partial charge in [0, 0.05) is 234 Å². The van der Waals surface area contributed by atoms with Crippen LogP contribution in [0.15, 0.2) is 226 Å². The Morgan fingerprint density at radius 2 is 1.11 bits per heavy atom. The molecular formula is C108H141Cl3FN17O15S2. The van der Waals surface area contributed by atoms with Crippen LogP contribution in [-0.2, 0) is 42.4 Å². The SMILES string of the molecule is C.CC1(C)CCC(CN2CCN(c3ccc(C(=O)NS(=O)(=O)c4ccc(CCC5CCOCC5)c([NH+]=O)c4)c(Oc4cc5cc[nH]c5cn4)c3)CC2)=C(c2ccc(Cl)cc2)C1.CC1(C)CCC(CN2CCN(c3ccc(C(=O)O)c(Oc4cc5cc[nH]c5cn4)c3)CC2)=C(c2ccc(Cl)cc2)C1.CCN=C=NCCCN(C)C.CN(C)c1ccncc1.Cl.F.NS(=O)(=O)c1ccc(CCC2CCOCC2)c([N+](=O)[O-])c1.[HH].[OH-]. The van der Waals surface area contributed by atoms with Crippen LogP contribution >= 0.6 is 35.6 Å². The van der Waals surface area contributed by atoms with E-state index in [0.29, 0.717) is 47.3 Å². The molecule has 32 nitrogen and oxygen atoms in total. The molecule has 0 bridgehead atoms. The zero-order valence-corrected chi connectivity index (χ0v) is 87.8. The number of aryl methyl sites for hydroxylation is 2. The van der Waals surface area contributed by atoms with Gasteiger partial charge in [0.2, 0.25) is 21.8 Å². The third-order valence-electron chi connectivity index (χ3n) is 26.7. The Bertz CT molecular complexity index is 6530. The number of fused-ring (bicyclic) bond motifs is 2. The number of nitro benzene ring substituents is 1. The molecule has 0 atom stereocenters. The maximum atomic E-state index is 13.9. The second-order valence-electron chi connectivity index (χ2n) is 38.8. The van der Waals surface area contributed by atoms with Crippen LogP contribution in [0, 0.1) is 37.7 Å². The molecule has 4 fully saturated rings.